The monoisotopic (exact) mass is 338 g/mol. The molecule has 3 rings (SSSR count). The van der Waals surface area contributed by atoms with Gasteiger partial charge in [-0.25, -0.2) is 9.97 Å². The second-order valence-electron chi connectivity index (χ2n) is 6.68. The first-order valence-electron chi connectivity index (χ1n) is 7.51. The van der Waals surface area contributed by atoms with Crippen LogP contribution >= 0.6 is 15.9 Å². The van der Waals surface area contributed by atoms with Crippen molar-refractivity contribution < 1.29 is 0 Å². The zero-order valence-electron chi connectivity index (χ0n) is 12.3. The van der Waals surface area contributed by atoms with Crippen LogP contribution in [0.1, 0.15) is 44.3 Å². The van der Waals surface area contributed by atoms with Crippen LogP contribution < -0.4 is 5.32 Å². The molecule has 0 atom stereocenters. The lowest BCUT2D eigenvalue weighted by molar-refractivity contribution is 0.150. The molecule has 1 saturated carbocycles. The third kappa shape index (κ3) is 3.50. The highest BCUT2D eigenvalue weighted by Crippen LogP contribution is 2.39. The van der Waals surface area contributed by atoms with Crippen LogP contribution in [0, 0.1) is 5.41 Å². The lowest BCUT2D eigenvalue weighted by Crippen LogP contribution is -2.40. The molecule has 1 aliphatic heterocycles. The van der Waals surface area contributed by atoms with Crippen molar-refractivity contribution in [3.05, 3.63) is 16.5 Å². The molecule has 1 N–H and O–H groups in total. The van der Waals surface area contributed by atoms with Gasteiger partial charge in [-0.3, -0.25) is 0 Å². The molecule has 1 saturated heterocycles. The highest BCUT2D eigenvalue weighted by atomic mass is 79.9. The number of hydrogen-bond donors (Lipinski definition) is 1. The fraction of sp³-hybridized carbons (Fsp3) is 0.733. The maximum Gasteiger partial charge on any atom is 0.135 e. The third-order valence-electron chi connectivity index (χ3n) is 4.55. The quantitative estimate of drug-likeness (QED) is 0.855. The first-order valence-corrected chi connectivity index (χ1v) is 8.30. The van der Waals surface area contributed by atoms with Crippen LogP contribution in [0.3, 0.4) is 0 Å². The smallest absolute Gasteiger partial charge is 0.135 e. The van der Waals surface area contributed by atoms with E-state index < -0.39 is 0 Å². The minimum absolute atomic E-state index is 0.379. The molecule has 2 fully saturated rings. The molecule has 2 aliphatic rings. The van der Waals surface area contributed by atoms with Crippen molar-refractivity contribution in [2.24, 2.45) is 5.41 Å². The number of halogens is 1. The molecule has 1 aromatic heterocycles. The van der Waals surface area contributed by atoms with Gasteiger partial charge in [-0.1, -0.05) is 6.92 Å². The first-order chi connectivity index (χ1) is 9.54. The largest absolute Gasteiger partial charge is 0.369 e. The van der Waals surface area contributed by atoms with Gasteiger partial charge in [0.15, 0.2) is 0 Å². The Morgan fingerprint density at radius 1 is 1.35 bits per heavy atom. The molecule has 1 aromatic rings. The van der Waals surface area contributed by atoms with E-state index in [0.717, 1.165) is 22.8 Å². The Bertz CT molecular complexity index is 479. The number of likely N-dealkylation sites (tertiary alicyclic amines) is 1. The van der Waals surface area contributed by atoms with Gasteiger partial charge in [0, 0.05) is 18.5 Å². The summed E-state index contributed by atoms with van der Waals surface area (Å²) < 4.78 is 0.894. The molecule has 0 bridgehead atoms. The van der Waals surface area contributed by atoms with Gasteiger partial charge >= 0.3 is 0 Å². The molecule has 2 heterocycles. The van der Waals surface area contributed by atoms with Gasteiger partial charge in [-0.15, -0.1) is 0 Å². The molecule has 20 heavy (non-hydrogen) atoms. The van der Waals surface area contributed by atoms with Gasteiger partial charge in [0.1, 0.15) is 16.2 Å². The third-order valence-corrected chi connectivity index (χ3v) is 4.95. The van der Waals surface area contributed by atoms with E-state index in [4.69, 9.17) is 0 Å². The van der Waals surface area contributed by atoms with Gasteiger partial charge in [0.25, 0.3) is 0 Å². The fourth-order valence-corrected chi connectivity index (χ4v) is 3.09. The maximum atomic E-state index is 4.66. The fourth-order valence-electron chi connectivity index (χ4n) is 2.69. The Labute approximate surface area is 129 Å². The van der Waals surface area contributed by atoms with Crippen molar-refractivity contribution >= 4 is 21.7 Å². The van der Waals surface area contributed by atoms with Crippen LogP contribution in [-0.2, 0) is 0 Å². The summed E-state index contributed by atoms with van der Waals surface area (Å²) >= 11 is 3.50. The van der Waals surface area contributed by atoms with E-state index in [9.17, 15) is 0 Å². The van der Waals surface area contributed by atoms with Gasteiger partial charge in [0.2, 0.25) is 0 Å². The lowest BCUT2D eigenvalue weighted by atomic mass is 9.80. The molecule has 4 nitrogen and oxygen atoms in total. The molecule has 0 spiro atoms. The highest BCUT2D eigenvalue weighted by molar-refractivity contribution is 9.10. The van der Waals surface area contributed by atoms with E-state index >= 15 is 0 Å². The summed E-state index contributed by atoms with van der Waals surface area (Å²) in [4.78, 5) is 11.6. The van der Waals surface area contributed by atoms with Crippen LogP contribution in [0.5, 0.6) is 0 Å². The van der Waals surface area contributed by atoms with Gasteiger partial charge in [-0.2, -0.15) is 0 Å². The minimum Gasteiger partial charge on any atom is -0.369 e. The summed E-state index contributed by atoms with van der Waals surface area (Å²) in [6.45, 7) is 5.76. The lowest BCUT2D eigenvalue weighted by Gasteiger charge is -2.38. The van der Waals surface area contributed by atoms with Crippen molar-refractivity contribution in [1.82, 2.24) is 14.9 Å². The Morgan fingerprint density at radius 2 is 2.05 bits per heavy atom. The summed E-state index contributed by atoms with van der Waals surface area (Å²) in [5, 5.41) is 3.53. The summed E-state index contributed by atoms with van der Waals surface area (Å²) in [7, 11) is 2.20. The Kier molecular flexibility index (Phi) is 4.00. The maximum absolute atomic E-state index is 4.66. The van der Waals surface area contributed by atoms with Crippen LogP contribution in [-0.4, -0.2) is 41.5 Å². The van der Waals surface area contributed by atoms with Crippen molar-refractivity contribution in [1.29, 1.82) is 0 Å². The summed E-state index contributed by atoms with van der Waals surface area (Å²) in [6.07, 6.45) is 4.97. The second-order valence-corrected chi connectivity index (χ2v) is 7.49. The van der Waals surface area contributed by atoms with Gasteiger partial charge in [-0.05, 0) is 67.2 Å². The van der Waals surface area contributed by atoms with E-state index in [1.54, 1.807) is 0 Å². The minimum atomic E-state index is 0.379. The predicted molar refractivity (Wildman–Crippen MR) is 85.0 cm³/mol. The van der Waals surface area contributed by atoms with Crippen LogP contribution in [0.4, 0.5) is 5.82 Å². The Hall–Kier alpha value is -0.680. The number of anilines is 1. The summed E-state index contributed by atoms with van der Waals surface area (Å²) in [6, 6.07) is 1.99. The molecule has 1 aliphatic carbocycles. The average molecular weight is 339 g/mol. The normalized spacial score (nSPS) is 22.8. The van der Waals surface area contributed by atoms with Crippen molar-refractivity contribution in [2.75, 3.05) is 32.0 Å². The van der Waals surface area contributed by atoms with Crippen LogP contribution in [0.15, 0.2) is 10.7 Å². The summed E-state index contributed by atoms with van der Waals surface area (Å²) in [5.74, 6) is 2.55. The number of nitrogens with zero attached hydrogens (tertiary/aromatic N) is 3. The number of hydrogen-bond acceptors (Lipinski definition) is 4. The van der Waals surface area contributed by atoms with Crippen molar-refractivity contribution in [3.63, 3.8) is 0 Å². The molecule has 110 valence electrons. The van der Waals surface area contributed by atoms with E-state index in [2.05, 4.69) is 50.1 Å². The average Bonchev–Trinajstić information content (AvgIpc) is 3.24. The standard InChI is InChI=1S/C15H23BrN4/c1-15(5-7-20(2)8-6-15)10-17-13-9-12(16)18-14(19-13)11-3-4-11/h9,11H,3-8,10H2,1-2H3,(H,17,18,19). The van der Waals surface area contributed by atoms with Crippen molar-refractivity contribution in [2.45, 2.75) is 38.5 Å². The molecule has 5 heteroatoms. The SMILES string of the molecule is CN1CCC(C)(CNc2cc(Br)nc(C3CC3)n2)CC1. The molecular formula is C15H23BrN4. The van der Waals surface area contributed by atoms with E-state index in [1.165, 1.54) is 38.8 Å². The number of aromatic nitrogens is 2. The highest BCUT2D eigenvalue weighted by Gasteiger charge is 2.30. The van der Waals surface area contributed by atoms with Crippen LogP contribution in [0.25, 0.3) is 0 Å². The molecular weight excluding hydrogens is 316 g/mol. The first kappa shape index (κ1) is 14.3. The number of rotatable bonds is 4. The number of piperidine rings is 1. The molecule has 0 aromatic carbocycles. The Morgan fingerprint density at radius 3 is 2.70 bits per heavy atom. The van der Waals surface area contributed by atoms with Crippen molar-refractivity contribution in [3.8, 4) is 0 Å². The zero-order chi connectivity index (χ0) is 14.2. The van der Waals surface area contributed by atoms with E-state index in [-0.39, 0.29) is 0 Å². The van der Waals surface area contributed by atoms with E-state index in [1.807, 2.05) is 6.07 Å². The summed E-state index contributed by atoms with van der Waals surface area (Å²) in [5.41, 5.74) is 0.379. The van der Waals surface area contributed by atoms with Gasteiger partial charge in [0.05, 0.1) is 0 Å². The second kappa shape index (κ2) is 5.60. The zero-order valence-corrected chi connectivity index (χ0v) is 13.9. The van der Waals surface area contributed by atoms with E-state index in [0.29, 0.717) is 11.3 Å². The van der Waals surface area contributed by atoms with Gasteiger partial charge < -0.3 is 10.2 Å². The topological polar surface area (TPSA) is 41.0 Å². The molecule has 0 unspecified atom stereocenters. The predicted octanol–water partition coefficient (Wildman–Crippen LogP) is 3.26. The molecule has 0 radical (unpaired) electrons. The molecule has 0 amide bonds. The van der Waals surface area contributed by atoms with Crippen LogP contribution in [0.2, 0.25) is 0 Å². The number of nitrogens with one attached hydrogen (secondary N) is 1. The Balaban J connectivity index is 1.63.